The Morgan fingerprint density at radius 3 is 2.29 bits per heavy atom. The number of fused-ring (bicyclic) bond motifs is 3. The summed E-state index contributed by atoms with van der Waals surface area (Å²) in [4.78, 5) is 42.9. The number of nitrogens with zero attached hydrogens (tertiary/aromatic N) is 2. The third-order valence-corrected chi connectivity index (χ3v) is 7.75. The third-order valence-electron chi connectivity index (χ3n) is 7.75. The molecule has 0 amide bonds. The number of aryl methyl sites for hydroxylation is 1. The molecule has 4 atom stereocenters. The topological polar surface area (TPSA) is 139 Å². The van der Waals surface area contributed by atoms with Crippen LogP contribution in [0.3, 0.4) is 0 Å². The number of aromatic hydroxyl groups is 1. The summed E-state index contributed by atoms with van der Waals surface area (Å²) < 4.78 is 0. The number of aliphatic hydroxyl groups excluding tert-OH is 2. The summed E-state index contributed by atoms with van der Waals surface area (Å²) in [6.45, 7) is 2.95. The molecular weight excluding hydrogens is 452 g/mol. The third kappa shape index (κ3) is 3.25. The van der Waals surface area contributed by atoms with E-state index in [9.17, 15) is 34.8 Å². The van der Waals surface area contributed by atoms with Crippen LogP contribution in [-0.4, -0.2) is 82.5 Å². The Balaban J connectivity index is 2.00. The first-order chi connectivity index (χ1) is 16.3. The first-order valence-corrected chi connectivity index (χ1v) is 11.7. The molecule has 3 aliphatic carbocycles. The van der Waals surface area contributed by atoms with Crippen molar-refractivity contribution < 1.29 is 34.8 Å². The van der Waals surface area contributed by atoms with Crippen LogP contribution in [0.2, 0.25) is 0 Å². The number of phenolic OH excluding ortho intramolecular Hbond substituents is 1. The minimum absolute atomic E-state index is 0.0606. The van der Waals surface area contributed by atoms with Gasteiger partial charge in [0.25, 0.3) is 0 Å². The smallest absolute Gasteiger partial charge is 0.209 e. The number of phenols is 1. The van der Waals surface area contributed by atoms with Gasteiger partial charge >= 0.3 is 0 Å². The van der Waals surface area contributed by atoms with E-state index in [1.807, 2.05) is 32.0 Å². The maximum Gasteiger partial charge on any atom is 0.209 e. The monoisotopic (exact) mass is 484 g/mol. The van der Waals surface area contributed by atoms with Gasteiger partial charge in [-0.1, -0.05) is 6.92 Å². The molecule has 0 bridgehead atoms. The van der Waals surface area contributed by atoms with Crippen LogP contribution in [0.5, 0.6) is 5.75 Å². The summed E-state index contributed by atoms with van der Waals surface area (Å²) in [5.41, 5.74) is -1.22. The lowest BCUT2D eigenvalue weighted by Crippen LogP contribution is -2.63. The molecule has 35 heavy (non-hydrogen) atoms. The highest BCUT2D eigenvalue weighted by Gasteiger charge is 2.63. The molecule has 188 valence electrons. The number of benzene rings is 1. The molecule has 1 aromatic rings. The van der Waals surface area contributed by atoms with Gasteiger partial charge in [-0.05, 0) is 63.4 Å². The number of carbonyl (C=O) groups is 3. The van der Waals surface area contributed by atoms with E-state index in [-0.39, 0.29) is 29.7 Å². The molecule has 9 heteroatoms. The van der Waals surface area contributed by atoms with Crippen LogP contribution < -0.4 is 4.90 Å². The van der Waals surface area contributed by atoms with Gasteiger partial charge in [-0.2, -0.15) is 0 Å². The van der Waals surface area contributed by atoms with E-state index in [1.165, 1.54) is 0 Å². The molecule has 0 fully saturated rings. The zero-order valence-electron chi connectivity index (χ0n) is 20.8. The van der Waals surface area contributed by atoms with Gasteiger partial charge in [0.15, 0.2) is 17.2 Å². The van der Waals surface area contributed by atoms with Gasteiger partial charge in [-0.15, -0.1) is 0 Å². The Kier molecular flexibility index (Phi) is 5.84. The average molecular weight is 485 g/mol. The number of aliphatic hydroxyl groups is 3. The average Bonchev–Trinajstić information content (AvgIpc) is 2.75. The van der Waals surface area contributed by atoms with Crippen molar-refractivity contribution in [1.82, 2.24) is 4.90 Å². The molecule has 1 aromatic carbocycles. The maximum atomic E-state index is 13.8. The lowest BCUT2D eigenvalue weighted by Gasteiger charge is -2.50. The van der Waals surface area contributed by atoms with Gasteiger partial charge in [-0.25, -0.2) is 0 Å². The van der Waals surface area contributed by atoms with Crippen molar-refractivity contribution in [3.05, 3.63) is 45.4 Å². The normalized spacial score (nSPS) is 28.2. The van der Waals surface area contributed by atoms with Gasteiger partial charge in [0, 0.05) is 31.3 Å². The zero-order chi connectivity index (χ0) is 26.1. The first kappa shape index (κ1) is 24.9. The Morgan fingerprint density at radius 1 is 1.14 bits per heavy atom. The number of hydrogen-bond donors (Lipinski definition) is 4. The highest BCUT2D eigenvalue weighted by molar-refractivity contribution is 6.25. The molecule has 0 aromatic heterocycles. The standard InChI is InChI=1S/C26H32N2O7/c1-7-12-10-16(27(3)4)14-8-13-9-15-20(28(5)6)23(32)17(11(2)29)24(33)26(15,35)25(34)18(13)22(31)19(14)21(12)30/h10,13,15,20,30,32,34-35H,7-9H2,1-6H3/t13-,15-,20-,26+/m0/s1. The van der Waals surface area contributed by atoms with E-state index in [0.29, 0.717) is 17.5 Å². The van der Waals surface area contributed by atoms with Gasteiger partial charge in [0.05, 0.1) is 11.6 Å². The molecule has 9 nitrogen and oxygen atoms in total. The number of anilines is 1. The van der Waals surface area contributed by atoms with Crippen LogP contribution in [0, 0.1) is 11.8 Å². The van der Waals surface area contributed by atoms with E-state index in [2.05, 4.69) is 0 Å². The van der Waals surface area contributed by atoms with Crippen molar-refractivity contribution in [3.8, 4) is 5.75 Å². The zero-order valence-corrected chi connectivity index (χ0v) is 20.8. The molecule has 0 unspecified atom stereocenters. The van der Waals surface area contributed by atoms with E-state index in [4.69, 9.17) is 0 Å². The second-order valence-corrected chi connectivity index (χ2v) is 10.2. The van der Waals surface area contributed by atoms with Crippen molar-refractivity contribution in [2.75, 3.05) is 33.1 Å². The Labute approximate surface area is 204 Å². The summed E-state index contributed by atoms with van der Waals surface area (Å²) in [6, 6.07) is 0.913. The molecule has 0 saturated carbocycles. The number of rotatable bonds is 4. The number of allylic oxidation sites excluding steroid dienone is 1. The van der Waals surface area contributed by atoms with Gasteiger partial charge < -0.3 is 25.3 Å². The number of carbonyl (C=O) groups excluding carboxylic acids is 3. The number of likely N-dealkylation sites (N-methyl/N-ethyl adjacent to an activating group) is 1. The Hall–Kier alpha value is -3.17. The van der Waals surface area contributed by atoms with E-state index in [1.54, 1.807) is 19.0 Å². The number of Topliss-reactive ketones (excluding diaryl/α,β-unsaturated/α-hetero) is 3. The van der Waals surface area contributed by atoms with Gasteiger partial charge in [-0.3, -0.25) is 19.3 Å². The lowest BCUT2D eigenvalue weighted by atomic mass is 9.58. The molecule has 3 aliphatic rings. The molecule has 0 aliphatic heterocycles. The minimum Gasteiger partial charge on any atom is -0.510 e. The fourth-order valence-electron chi connectivity index (χ4n) is 6.12. The number of ketones is 3. The SMILES string of the molecule is CCc1cc(N(C)C)c2c(c1O)C(=O)C1=C(O)[C@]3(O)C(=O)C(C(C)=O)=C(O)[C@@H](N(C)C)[C@@H]3C[C@@H]1C2. The van der Waals surface area contributed by atoms with E-state index in [0.717, 1.165) is 12.6 Å². The molecule has 0 saturated heterocycles. The Morgan fingerprint density at radius 2 is 1.77 bits per heavy atom. The predicted octanol–water partition coefficient (Wildman–Crippen LogP) is 1.85. The van der Waals surface area contributed by atoms with Crippen molar-refractivity contribution in [3.63, 3.8) is 0 Å². The van der Waals surface area contributed by atoms with Crippen LogP contribution in [0.25, 0.3) is 0 Å². The van der Waals surface area contributed by atoms with Gasteiger partial charge in [0.1, 0.15) is 22.8 Å². The predicted molar refractivity (Wildman–Crippen MR) is 129 cm³/mol. The second-order valence-electron chi connectivity index (χ2n) is 10.2. The highest BCUT2D eigenvalue weighted by Crippen LogP contribution is 2.53. The summed E-state index contributed by atoms with van der Waals surface area (Å²) in [7, 11) is 6.96. The second kappa shape index (κ2) is 8.20. The molecule has 0 radical (unpaired) electrons. The van der Waals surface area contributed by atoms with Crippen molar-refractivity contribution in [2.45, 2.75) is 44.8 Å². The molecular formula is C26H32N2O7. The molecule has 0 heterocycles. The van der Waals surface area contributed by atoms with Crippen LogP contribution >= 0.6 is 0 Å². The van der Waals surface area contributed by atoms with E-state index >= 15 is 0 Å². The van der Waals surface area contributed by atoms with Crippen molar-refractivity contribution >= 4 is 23.0 Å². The summed E-state index contributed by atoms with van der Waals surface area (Å²) in [5, 5.41) is 44.9. The minimum atomic E-state index is -2.55. The van der Waals surface area contributed by atoms with Crippen LogP contribution in [0.4, 0.5) is 5.69 Å². The highest BCUT2D eigenvalue weighted by atomic mass is 16.3. The van der Waals surface area contributed by atoms with E-state index < -0.39 is 57.9 Å². The van der Waals surface area contributed by atoms with Crippen LogP contribution in [0.15, 0.2) is 28.7 Å². The fourth-order valence-corrected chi connectivity index (χ4v) is 6.12. The fraction of sp³-hybridized carbons (Fsp3) is 0.500. The van der Waals surface area contributed by atoms with Gasteiger partial charge in [0.2, 0.25) is 5.78 Å². The number of hydrogen-bond acceptors (Lipinski definition) is 9. The Bertz CT molecular complexity index is 1230. The largest absolute Gasteiger partial charge is 0.510 e. The maximum absolute atomic E-state index is 13.8. The lowest BCUT2D eigenvalue weighted by molar-refractivity contribution is -0.148. The van der Waals surface area contributed by atoms with Crippen molar-refractivity contribution in [2.24, 2.45) is 11.8 Å². The van der Waals surface area contributed by atoms with Crippen LogP contribution in [0.1, 0.15) is 41.8 Å². The molecule has 4 N–H and O–H groups in total. The first-order valence-electron chi connectivity index (χ1n) is 11.7. The van der Waals surface area contributed by atoms with Crippen molar-refractivity contribution in [1.29, 1.82) is 0 Å². The molecule has 0 spiro atoms. The summed E-state index contributed by atoms with van der Waals surface area (Å²) in [6.07, 6.45) is 0.868. The van der Waals surface area contributed by atoms with Crippen LogP contribution in [-0.2, 0) is 22.4 Å². The quantitative estimate of drug-likeness (QED) is 0.472. The summed E-state index contributed by atoms with van der Waals surface area (Å²) >= 11 is 0. The molecule has 4 rings (SSSR count). The summed E-state index contributed by atoms with van der Waals surface area (Å²) in [5.74, 6) is -5.48.